The van der Waals surface area contributed by atoms with Gasteiger partial charge in [-0.25, -0.2) is 9.97 Å². The summed E-state index contributed by atoms with van der Waals surface area (Å²) < 4.78 is 0. The molecule has 0 spiro atoms. The van der Waals surface area contributed by atoms with E-state index in [1.54, 1.807) is 12.4 Å². The van der Waals surface area contributed by atoms with Gasteiger partial charge in [0.2, 0.25) is 5.91 Å². The number of nitrogens with two attached hydrogens (primary N) is 1. The predicted molar refractivity (Wildman–Crippen MR) is 63.8 cm³/mol. The van der Waals surface area contributed by atoms with Crippen LogP contribution in [0, 0.1) is 5.92 Å². The van der Waals surface area contributed by atoms with Gasteiger partial charge >= 0.3 is 0 Å². The molecule has 92 valence electrons. The molecule has 0 aliphatic heterocycles. The van der Waals surface area contributed by atoms with E-state index in [1.165, 1.54) is 0 Å². The molecule has 2 rings (SSSR count). The highest BCUT2D eigenvalue weighted by molar-refractivity contribution is 5.76. The van der Waals surface area contributed by atoms with E-state index in [4.69, 9.17) is 5.73 Å². The zero-order valence-electron chi connectivity index (χ0n) is 9.80. The van der Waals surface area contributed by atoms with Crippen LogP contribution >= 0.6 is 0 Å². The van der Waals surface area contributed by atoms with Gasteiger partial charge in [-0.2, -0.15) is 0 Å². The minimum Gasteiger partial charge on any atom is -0.369 e. The number of aromatic nitrogens is 2. The second-order valence-electron chi connectivity index (χ2n) is 4.50. The van der Waals surface area contributed by atoms with E-state index >= 15 is 0 Å². The Morgan fingerprint density at radius 2 is 1.94 bits per heavy atom. The van der Waals surface area contributed by atoms with Gasteiger partial charge < -0.3 is 11.1 Å². The number of amides is 1. The molecule has 1 saturated carbocycles. The second-order valence-corrected chi connectivity index (χ2v) is 4.50. The van der Waals surface area contributed by atoms with Crippen LogP contribution in [0.1, 0.15) is 31.5 Å². The Labute approximate surface area is 101 Å². The minimum atomic E-state index is -0.158. The number of carbonyl (C=O) groups excluding carboxylic acids is 1. The van der Waals surface area contributed by atoms with Crippen LogP contribution in [0.3, 0.4) is 0 Å². The van der Waals surface area contributed by atoms with E-state index < -0.39 is 0 Å². The van der Waals surface area contributed by atoms with Gasteiger partial charge in [0, 0.05) is 24.4 Å². The van der Waals surface area contributed by atoms with Gasteiger partial charge in [0.25, 0.3) is 0 Å². The lowest BCUT2D eigenvalue weighted by Gasteiger charge is -2.27. The van der Waals surface area contributed by atoms with Crippen molar-refractivity contribution in [1.82, 2.24) is 15.3 Å². The number of rotatable bonds is 4. The molecule has 0 aromatic carbocycles. The molecule has 17 heavy (non-hydrogen) atoms. The summed E-state index contributed by atoms with van der Waals surface area (Å²) in [6.07, 6.45) is 7.27. The first-order valence-corrected chi connectivity index (χ1v) is 6.04. The molecule has 1 amide bonds. The lowest BCUT2D eigenvalue weighted by Crippen LogP contribution is -2.36. The van der Waals surface area contributed by atoms with Crippen LogP contribution in [-0.2, 0) is 11.3 Å². The molecule has 0 unspecified atom stereocenters. The van der Waals surface area contributed by atoms with Crippen molar-refractivity contribution in [1.29, 1.82) is 0 Å². The zero-order valence-corrected chi connectivity index (χ0v) is 9.80. The quantitative estimate of drug-likeness (QED) is 0.799. The molecular formula is C12H18N4O. The van der Waals surface area contributed by atoms with Gasteiger partial charge in [0.1, 0.15) is 5.82 Å². The van der Waals surface area contributed by atoms with Gasteiger partial charge in [0.15, 0.2) is 0 Å². The Bertz CT molecular complexity index is 360. The third-order valence-corrected chi connectivity index (χ3v) is 3.30. The molecule has 0 atom stereocenters. The number of nitrogens with zero attached hydrogens (tertiary/aromatic N) is 2. The molecule has 1 aliphatic rings. The Hall–Kier alpha value is -1.49. The number of hydrogen-bond acceptors (Lipinski definition) is 4. The second kappa shape index (κ2) is 5.72. The van der Waals surface area contributed by atoms with Crippen LogP contribution < -0.4 is 11.1 Å². The van der Waals surface area contributed by atoms with E-state index in [9.17, 15) is 4.79 Å². The van der Waals surface area contributed by atoms with E-state index in [0.717, 1.165) is 31.5 Å². The average molecular weight is 234 g/mol. The normalized spacial score (nSPS) is 24.5. The predicted octanol–water partition coefficient (Wildman–Crippen LogP) is 0.610. The Morgan fingerprint density at radius 3 is 2.53 bits per heavy atom. The molecule has 1 aromatic rings. The van der Waals surface area contributed by atoms with Crippen molar-refractivity contribution in [3.8, 4) is 0 Å². The van der Waals surface area contributed by atoms with Gasteiger partial charge in [-0.3, -0.25) is 4.79 Å². The largest absolute Gasteiger partial charge is 0.369 e. The summed E-state index contributed by atoms with van der Waals surface area (Å²) in [5.74, 6) is 0.723. The van der Waals surface area contributed by atoms with Crippen molar-refractivity contribution in [3.63, 3.8) is 0 Å². The summed E-state index contributed by atoms with van der Waals surface area (Å²) >= 11 is 0. The van der Waals surface area contributed by atoms with Crippen LogP contribution in [0.5, 0.6) is 0 Å². The van der Waals surface area contributed by atoms with Gasteiger partial charge in [-0.05, 0) is 31.7 Å². The van der Waals surface area contributed by atoms with Crippen LogP contribution in [0.4, 0.5) is 0 Å². The van der Waals surface area contributed by atoms with Gasteiger partial charge in [-0.15, -0.1) is 0 Å². The van der Waals surface area contributed by atoms with E-state index in [0.29, 0.717) is 12.6 Å². The van der Waals surface area contributed by atoms with Crippen molar-refractivity contribution in [2.45, 2.75) is 38.3 Å². The molecule has 0 saturated heterocycles. The van der Waals surface area contributed by atoms with E-state index in [-0.39, 0.29) is 11.8 Å². The van der Waals surface area contributed by atoms with Crippen LogP contribution in [0.25, 0.3) is 0 Å². The fourth-order valence-corrected chi connectivity index (χ4v) is 2.24. The van der Waals surface area contributed by atoms with Crippen LogP contribution in [0.15, 0.2) is 18.5 Å². The fraction of sp³-hybridized carbons (Fsp3) is 0.583. The SMILES string of the molecule is NC(=O)C1CCC(NCc2ncccn2)CC1. The third-order valence-electron chi connectivity index (χ3n) is 3.30. The number of nitrogens with one attached hydrogen (secondary N) is 1. The Kier molecular flexibility index (Phi) is 4.03. The summed E-state index contributed by atoms with van der Waals surface area (Å²) in [6.45, 7) is 0.687. The fourth-order valence-electron chi connectivity index (χ4n) is 2.24. The topological polar surface area (TPSA) is 80.9 Å². The average Bonchev–Trinajstić information content (AvgIpc) is 2.38. The van der Waals surface area contributed by atoms with Gasteiger partial charge in [-0.1, -0.05) is 0 Å². The monoisotopic (exact) mass is 234 g/mol. The van der Waals surface area contributed by atoms with Gasteiger partial charge in [0.05, 0.1) is 6.54 Å². The highest BCUT2D eigenvalue weighted by Gasteiger charge is 2.24. The first-order chi connectivity index (χ1) is 8.25. The number of primary amides is 1. The molecule has 0 radical (unpaired) electrons. The lowest BCUT2D eigenvalue weighted by atomic mass is 9.85. The van der Waals surface area contributed by atoms with E-state index in [2.05, 4.69) is 15.3 Å². The van der Waals surface area contributed by atoms with Crippen LogP contribution in [-0.4, -0.2) is 21.9 Å². The number of carbonyl (C=O) groups is 1. The molecule has 5 nitrogen and oxygen atoms in total. The molecule has 5 heteroatoms. The first kappa shape index (κ1) is 12.0. The molecular weight excluding hydrogens is 216 g/mol. The summed E-state index contributed by atoms with van der Waals surface area (Å²) in [4.78, 5) is 19.3. The molecule has 1 aromatic heterocycles. The maximum Gasteiger partial charge on any atom is 0.220 e. The van der Waals surface area contributed by atoms with Crippen LogP contribution in [0.2, 0.25) is 0 Å². The van der Waals surface area contributed by atoms with Crippen molar-refractivity contribution in [3.05, 3.63) is 24.3 Å². The molecule has 1 fully saturated rings. The summed E-state index contributed by atoms with van der Waals surface area (Å²) in [6, 6.07) is 2.26. The molecule has 0 bridgehead atoms. The Balaban J connectivity index is 1.74. The zero-order chi connectivity index (χ0) is 12.1. The summed E-state index contributed by atoms with van der Waals surface area (Å²) in [5, 5.41) is 3.42. The van der Waals surface area contributed by atoms with Crippen molar-refractivity contribution in [2.24, 2.45) is 11.7 Å². The van der Waals surface area contributed by atoms with Crippen molar-refractivity contribution in [2.75, 3.05) is 0 Å². The summed E-state index contributed by atoms with van der Waals surface area (Å²) in [7, 11) is 0. The standard InChI is InChI=1S/C12H18N4O/c13-12(17)9-2-4-10(5-3-9)16-8-11-14-6-1-7-15-11/h1,6-7,9-10,16H,2-5,8H2,(H2,13,17). The highest BCUT2D eigenvalue weighted by Crippen LogP contribution is 2.23. The maximum absolute atomic E-state index is 11.0. The minimum absolute atomic E-state index is 0.0704. The summed E-state index contributed by atoms with van der Waals surface area (Å²) in [5.41, 5.74) is 5.30. The highest BCUT2D eigenvalue weighted by atomic mass is 16.1. The first-order valence-electron chi connectivity index (χ1n) is 6.04. The smallest absolute Gasteiger partial charge is 0.220 e. The third kappa shape index (κ3) is 3.49. The maximum atomic E-state index is 11.0. The Morgan fingerprint density at radius 1 is 1.29 bits per heavy atom. The van der Waals surface area contributed by atoms with E-state index in [1.807, 2.05) is 6.07 Å². The molecule has 1 aliphatic carbocycles. The molecule has 3 N–H and O–H groups in total. The van der Waals surface area contributed by atoms with Crippen molar-refractivity contribution >= 4 is 5.91 Å². The molecule has 1 heterocycles. The number of hydrogen-bond donors (Lipinski definition) is 2. The van der Waals surface area contributed by atoms with Crippen molar-refractivity contribution < 1.29 is 4.79 Å². The lowest BCUT2D eigenvalue weighted by molar-refractivity contribution is -0.122.